The number of likely N-dealkylation sites (N-methyl/N-ethyl adjacent to an activating group) is 2. The van der Waals surface area contributed by atoms with Crippen LogP contribution in [0, 0.1) is 0 Å². The summed E-state index contributed by atoms with van der Waals surface area (Å²) in [7, 11) is 3.58. The van der Waals surface area contributed by atoms with Crippen LogP contribution < -0.4 is 15.5 Å². The molecule has 0 atom stereocenters. The molecule has 0 unspecified atom stereocenters. The van der Waals surface area contributed by atoms with Crippen molar-refractivity contribution in [2.75, 3.05) is 32.1 Å². The zero-order valence-corrected chi connectivity index (χ0v) is 12.7. The van der Waals surface area contributed by atoms with Crippen molar-refractivity contribution in [3.63, 3.8) is 0 Å². The molecule has 0 fully saturated rings. The summed E-state index contributed by atoms with van der Waals surface area (Å²) in [6.07, 6.45) is 0. The van der Waals surface area contributed by atoms with E-state index in [2.05, 4.69) is 38.7 Å². The first kappa shape index (κ1) is 15.0. The number of hydrogen-bond donors (Lipinski definition) is 2. The maximum absolute atomic E-state index is 11.4. The predicted molar refractivity (Wildman–Crippen MR) is 78.9 cm³/mol. The van der Waals surface area contributed by atoms with Crippen LogP contribution in [0.5, 0.6) is 0 Å². The van der Waals surface area contributed by atoms with Crippen LogP contribution >= 0.6 is 15.9 Å². The summed E-state index contributed by atoms with van der Waals surface area (Å²) < 4.78 is 1.06. The Bertz CT molecular complexity index is 409. The molecule has 0 radical (unpaired) electrons. The van der Waals surface area contributed by atoms with E-state index in [-0.39, 0.29) is 5.91 Å². The van der Waals surface area contributed by atoms with Gasteiger partial charge in [-0.2, -0.15) is 0 Å². The Morgan fingerprint density at radius 3 is 2.61 bits per heavy atom. The molecule has 0 saturated heterocycles. The summed E-state index contributed by atoms with van der Waals surface area (Å²) in [5.41, 5.74) is 2.25. The van der Waals surface area contributed by atoms with Gasteiger partial charge < -0.3 is 15.5 Å². The highest BCUT2D eigenvalue weighted by molar-refractivity contribution is 9.10. The van der Waals surface area contributed by atoms with Gasteiger partial charge in [0.15, 0.2) is 0 Å². The molecular weight excluding hydrogens is 294 g/mol. The van der Waals surface area contributed by atoms with Crippen molar-refractivity contribution in [2.24, 2.45) is 0 Å². The van der Waals surface area contributed by atoms with E-state index in [0.29, 0.717) is 6.54 Å². The Kier molecular flexibility index (Phi) is 6.15. The smallest absolute Gasteiger partial charge is 0.239 e. The fraction of sp³-hybridized carbons (Fsp3) is 0.462. The van der Waals surface area contributed by atoms with Crippen LogP contribution in [0.3, 0.4) is 0 Å². The van der Waals surface area contributed by atoms with Crippen LogP contribution in [0.25, 0.3) is 0 Å². The monoisotopic (exact) mass is 313 g/mol. The molecule has 0 aliphatic rings. The van der Waals surface area contributed by atoms with Gasteiger partial charge >= 0.3 is 0 Å². The third-order valence-electron chi connectivity index (χ3n) is 2.76. The van der Waals surface area contributed by atoms with Crippen molar-refractivity contribution in [1.29, 1.82) is 0 Å². The van der Waals surface area contributed by atoms with Crippen molar-refractivity contribution in [3.05, 3.63) is 28.2 Å². The quantitative estimate of drug-likeness (QED) is 0.841. The maximum atomic E-state index is 11.4. The number of nitrogens with zero attached hydrogens (tertiary/aromatic N) is 1. The lowest BCUT2D eigenvalue weighted by atomic mass is 10.2. The third kappa shape index (κ3) is 3.99. The van der Waals surface area contributed by atoms with E-state index in [9.17, 15) is 4.79 Å². The summed E-state index contributed by atoms with van der Waals surface area (Å²) in [6.45, 7) is 4.04. The Hall–Kier alpha value is -1.07. The number of amides is 1. The number of nitrogens with one attached hydrogen (secondary N) is 2. The van der Waals surface area contributed by atoms with E-state index in [1.807, 2.05) is 24.9 Å². The summed E-state index contributed by atoms with van der Waals surface area (Å²) in [6, 6.07) is 6.17. The largest absolute Gasteiger partial charge is 0.362 e. The van der Waals surface area contributed by atoms with E-state index in [1.165, 1.54) is 5.56 Å². The van der Waals surface area contributed by atoms with E-state index in [4.69, 9.17) is 0 Å². The van der Waals surface area contributed by atoms with Crippen molar-refractivity contribution in [2.45, 2.75) is 13.5 Å². The summed E-state index contributed by atoms with van der Waals surface area (Å²) in [4.78, 5) is 13.5. The second-order valence-electron chi connectivity index (χ2n) is 3.99. The van der Waals surface area contributed by atoms with Crippen molar-refractivity contribution in [3.8, 4) is 0 Å². The molecular formula is C13H20BrN3O. The molecule has 0 spiro atoms. The third-order valence-corrected chi connectivity index (χ3v) is 3.50. The van der Waals surface area contributed by atoms with Gasteiger partial charge in [-0.25, -0.2) is 0 Å². The van der Waals surface area contributed by atoms with Crippen LogP contribution in [-0.4, -0.2) is 33.1 Å². The molecule has 0 bridgehead atoms. The Labute approximate surface area is 117 Å². The lowest BCUT2D eigenvalue weighted by molar-refractivity contribution is -0.119. The molecule has 0 saturated carbocycles. The van der Waals surface area contributed by atoms with Gasteiger partial charge in [-0.15, -0.1) is 0 Å². The molecule has 100 valence electrons. The molecule has 18 heavy (non-hydrogen) atoms. The first-order valence-corrected chi connectivity index (χ1v) is 6.80. The zero-order chi connectivity index (χ0) is 13.5. The standard InChI is InChI=1S/C13H20BrN3O/c1-4-17(9-13(18)16-3)11-6-5-10(8-15-2)12(14)7-11/h5-7,15H,4,8-9H2,1-3H3,(H,16,18). The SMILES string of the molecule is CCN(CC(=O)NC)c1ccc(CNC)c(Br)c1. The molecule has 0 aromatic heterocycles. The molecule has 0 aliphatic heterocycles. The van der Waals surface area contributed by atoms with Crippen LogP contribution in [0.2, 0.25) is 0 Å². The molecule has 1 aromatic carbocycles. The molecule has 0 heterocycles. The summed E-state index contributed by atoms with van der Waals surface area (Å²) in [5, 5.41) is 5.76. The molecule has 1 aromatic rings. The minimum absolute atomic E-state index is 0.0206. The Morgan fingerprint density at radius 1 is 1.39 bits per heavy atom. The van der Waals surface area contributed by atoms with E-state index in [0.717, 1.165) is 23.2 Å². The minimum Gasteiger partial charge on any atom is -0.362 e. The molecule has 4 nitrogen and oxygen atoms in total. The summed E-state index contributed by atoms with van der Waals surface area (Å²) >= 11 is 3.56. The van der Waals surface area contributed by atoms with Crippen LogP contribution in [-0.2, 0) is 11.3 Å². The Balaban J connectivity index is 2.86. The first-order chi connectivity index (χ1) is 8.62. The molecule has 0 aliphatic carbocycles. The highest BCUT2D eigenvalue weighted by Crippen LogP contribution is 2.24. The normalized spacial score (nSPS) is 10.2. The molecule has 5 heteroatoms. The average molecular weight is 314 g/mol. The average Bonchev–Trinajstić information content (AvgIpc) is 2.38. The van der Waals surface area contributed by atoms with E-state index in [1.54, 1.807) is 7.05 Å². The molecule has 2 N–H and O–H groups in total. The number of rotatable bonds is 6. The predicted octanol–water partition coefficient (Wildman–Crippen LogP) is 1.74. The number of carbonyl (C=O) groups excluding carboxylic acids is 1. The zero-order valence-electron chi connectivity index (χ0n) is 11.1. The number of hydrogen-bond acceptors (Lipinski definition) is 3. The first-order valence-electron chi connectivity index (χ1n) is 6.00. The van der Waals surface area contributed by atoms with Gasteiger partial charge in [-0.1, -0.05) is 22.0 Å². The number of benzene rings is 1. The molecule has 1 amide bonds. The number of carbonyl (C=O) groups is 1. The fourth-order valence-electron chi connectivity index (χ4n) is 1.70. The van der Waals surface area contributed by atoms with Crippen LogP contribution in [0.1, 0.15) is 12.5 Å². The highest BCUT2D eigenvalue weighted by atomic mass is 79.9. The van der Waals surface area contributed by atoms with E-state index >= 15 is 0 Å². The van der Waals surface area contributed by atoms with Gasteiger partial charge in [0.2, 0.25) is 5.91 Å². The van der Waals surface area contributed by atoms with Gasteiger partial charge in [0.25, 0.3) is 0 Å². The second kappa shape index (κ2) is 7.38. The van der Waals surface area contributed by atoms with Gasteiger partial charge in [-0.3, -0.25) is 4.79 Å². The highest BCUT2D eigenvalue weighted by Gasteiger charge is 2.10. The van der Waals surface area contributed by atoms with Gasteiger partial charge in [0.1, 0.15) is 0 Å². The lowest BCUT2D eigenvalue weighted by Gasteiger charge is -2.23. The lowest BCUT2D eigenvalue weighted by Crippen LogP contribution is -2.35. The van der Waals surface area contributed by atoms with Gasteiger partial charge in [0.05, 0.1) is 6.54 Å². The van der Waals surface area contributed by atoms with Crippen LogP contribution in [0.4, 0.5) is 5.69 Å². The van der Waals surface area contributed by atoms with Crippen molar-refractivity contribution >= 4 is 27.5 Å². The maximum Gasteiger partial charge on any atom is 0.239 e. The van der Waals surface area contributed by atoms with E-state index < -0.39 is 0 Å². The van der Waals surface area contributed by atoms with Crippen molar-refractivity contribution < 1.29 is 4.79 Å². The van der Waals surface area contributed by atoms with Crippen molar-refractivity contribution in [1.82, 2.24) is 10.6 Å². The topological polar surface area (TPSA) is 44.4 Å². The molecule has 1 rings (SSSR count). The summed E-state index contributed by atoms with van der Waals surface area (Å²) in [5.74, 6) is 0.0206. The van der Waals surface area contributed by atoms with Gasteiger partial charge in [0, 0.05) is 30.3 Å². The number of anilines is 1. The minimum atomic E-state index is 0.0206. The fourth-order valence-corrected chi connectivity index (χ4v) is 2.21. The second-order valence-corrected chi connectivity index (χ2v) is 4.85. The Morgan fingerprint density at radius 2 is 2.11 bits per heavy atom. The van der Waals surface area contributed by atoms with Gasteiger partial charge in [-0.05, 0) is 31.7 Å². The van der Waals surface area contributed by atoms with Crippen LogP contribution in [0.15, 0.2) is 22.7 Å². The number of halogens is 1.